The molecule has 0 fully saturated rings. The smallest absolute Gasteiger partial charge is 0.338 e. The number of primary amides is 1. The van der Waals surface area contributed by atoms with Gasteiger partial charge >= 0.3 is 6.03 Å². The Morgan fingerprint density at radius 3 is 2.38 bits per heavy atom. The van der Waals surface area contributed by atoms with E-state index in [0.717, 1.165) is 12.0 Å². The largest absolute Gasteiger partial charge is 0.350 e. The summed E-state index contributed by atoms with van der Waals surface area (Å²) < 4.78 is 0. The minimum absolute atomic E-state index is 0.168. The molecule has 1 atom stereocenters. The number of benzene rings is 1. The van der Waals surface area contributed by atoms with Gasteiger partial charge in [-0.25, -0.2) is 9.86 Å². The number of carbonyl (C=O) groups is 1. The van der Waals surface area contributed by atoms with Crippen molar-refractivity contribution in [3.63, 3.8) is 0 Å². The van der Waals surface area contributed by atoms with E-state index in [1.165, 1.54) is 11.1 Å². The van der Waals surface area contributed by atoms with Crippen molar-refractivity contribution in [3.8, 4) is 0 Å². The summed E-state index contributed by atoms with van der Waals surface area (Å²) in [5.41, 5.74) is 8.68. The van der Waals surface area contributed by atoms with Crippen LogP contribution in [0.4, 0.5) is 4.79 Å². The number of amides is 2. The molecular formula is C19H25N3O2. The van der Waals surface area contributed by atoms with Crippen LogP contribution in [0, 0.1) is 0 Å². The molecular weight excluding hydrogens is 302 g/mol. The summed E-state index contributed by atoms with van der Waals surface area (Å²) in [4.78, 5) is 15.1. The Kier molecular flexibility index (Phi) is 6.32. The first kappa shape index (κ1) is 17.9. The first-order valence-electron chi connectivity index (χ1n) is 8.24. The minimum Gasteiger partial charge on any atom is -0.350 e. The summed E-state index contributed by atoms with van der Waals surface area (Å²) >= 11 is 0. The molecule has 2 aromatic rings. The number of urea groups is 1. The van der Waals surface area contributed by atoms with Gasteiger partial charge in [0.1, 0.15) is 0 Å². The fraction of sp³-hybridized carbons (Fsp3) is 0.368. The van der Waals surface area contributed by atoms with Gasteiger partial charge in [-0.3, -0.25) is 10.2 Å². The third kappa shape index (κ3) is 4.80. The summed E-state index contributed by atoms with van der Waals surface area (Å²) in [6, 6.07) is 11.8. The monoisotopic (exact) mass is 327 g/mol. The van der Waals surface area contributed by atoms with E-state index in [-0.39, 0.29) is 12.5 Å². The second-order valence-corrected chi connectivity index (χ2v) is 6.26. The van der Waals surface area contributed by atoms with E-state index >= 15 is 0 Å². The molecule has 1 unspecified atom stereocenters. The van der Waals surface area contributed by atoms with Gasteiger partial charge in [-0.1, -0.05) is 44.2 Å². The molecule has 24 heavy (non-hydrogen) atoms. The Labute approximate surface area is 143 Å². The molecule has 0 saturated heterocycles. The maximum absolute atomic E-state index is 10.9. The predicted octanol–water partition coefficient (Wildman–Crippen LogP) is 3.89. The molecule has 128 valence electrons. The van der Waals surface area contributed by atoms with E-state index in [1.54, 1.807) is 6.20 Å². The molecule has 0 saturated carbocycles. The summed E-state index contributed by atoms with van der Waals surface area (Å²) in [7, 11) is 0. The molecule has 0 radical (unpaired) electrons. The number of nitrogens with zero attached hydrogens (tertiary/aromatic N) is 2. The highest BCUT2D eigenvalue weighted by molar-refractivity contribution is 5.70. The number of carbonyl (C=O) groups excluding carboxylic acids is 1. The molecule has 0 bridgehead atoms. The number of hydrogen-bond donors (Lipinski definition) is 2. The minimum atomic E-state index is -0.825. The van der Waals surface area contributed by atoms with Gasteiger partial charge in [0, 0.05) is 18.3 Å². The number of nitrogens with two attached hydrogens (primary N) is 1. The Hall–Kier alpha value is -2.40. The van der Waals surface area contributed by atoms with E-state index in [4.69, 9.17) is 5.73 Å². The fourth-order valence-corrected chi connectivity index (χ4v) is 2.78. The molecule has 0 aliphatic carbocycles. The average molecular weight is 327 g/mol. The van der Waals surface area contributed by atoms with Gasteiger partial charge in [-0.05, 0) is 41.5 Å². The van der Waals surface area contributed by atoms with Crippen LogP contribution in [0.1, 0.15) is 55.2 Å². The molecule has 0 aliphatic rings. The van der Waals surface area contributed by atoms with Gasteiger partial charge in [0.05, 0.1) is 6.54 Å². The zero-order chi connectivity index (χ0) is 17.5. The van der Waals surface area contributed by atoms with Crippen LogP contribution in [0.25, 0.3) is 0 Å². The topological polar surface area (TPSA) is 79.5 Å². The van der Waals surface area contributed by atoms with E-state index in [2.05, 4.69) is 49.2 Å². The standard InChI is InChI=1S/C19H25N3O2/c1-14(2)15-7-9-16(10-8-15)18(17-5-3-11-21-13-17)6-4-12-22(24)19(20)23/h3,5,7-11,13-14,18,24H,4,6,12H2,1-2H3,(H2,20,23). The van der Waals surface area contributed by atoms with E-state index in [1.807, 2.05) is 12.3 Å². The fourth-order valence-electron chi connectivity index (χ4n) is 2.78. The highest BCUT2D eigenvalue weighted by Gasteiger charge is 2.16. The van der Waals surface area contributed by atoms with Gasteiger partial charge in [-0.2, -0.15) is 0 Å². The Balaban J connectivity index is 2.15. The quantitative estimate of drug-likeness (QED) is 0.598. The molecule has 5 nitrogen and oxygen atoms in total. The average Bonchev–Trinajstić information content (AvgIpc) is 2.59. The van der Waals surface area contributed by atoms with Crippen molar-refractivity contribution in [2.45, 2.75) is 38.5 Å². The van der Waals surface area contributed by atoms with Gasteiger partial charge in [0.25, 0.3) is 0 Å². The Morgan fingerprint density at radius 1 is 1.17 bits per heavy atom. The maximum Gasteiger partial charge on any atom is 0.338 e. The molecule has 0 aliphatic heterocycles. The van der Waals surface area contributed by atoms with Crippen LogP contribution in [0.15, 0.2) is 48.8 Å². The first-order valence-corrected chi connectivity index (χ1v) is 8.24. The van der Waals surface area contributed by atoms with Crippen LogP contribution in [-0.2, 0) is 0 Å². The Morgan fingerprint density at radius 2 is 1.83 bits per heavy atom. The van der Waals surface area contributed by atoms with Gasteiger partial charge in [0.15, 0.2) is 0 Å². The summed E-state index contributed by atoms with van der Waals surface area (Å²) in [6.07, 6.45) is 5.05. The molecule has 0 spiro atoms. The molecule has 3 N–H and O–H groups in total. The summed E-state index contributed by atoms with van der Waals surface area (Å²) in [6.45, 7) is 4.57. The van der Waals surface area contributed by atoms with Crippen LogP contribution in [0.5, 0.6) is 0 Å². The van der Waals surface area contributed by atoms with E-state index in [0.29, 0.717) is 17.4 Å². The lowest BCUT2D eigenvalue weighted by atomic mass is 9.87. The van der Waals surface area contributed by atoms with Crippen LogP contribution in [0.2, 0.25) is 0 Å². The van der Waals surface area contributed by atoms with Gasteiger partial charge in [0.2, 0.25) is 0 Å². The number of pyridine rings is 1. The van der Waals surface area contributed by atoms with E-state index < -0.39 is 6.03 Å². The zero-order valence-electron chi connectivity index (χ0n) is 14.2. The highest BCUT2D eigenvalue weighted by Crippen LogP contribution is 2.30. The molecule has 2 amide bonds. The van der Waals surface area contributed by atoms with Crippen molar-refractivity contribution in [3.05, 3.63) is 65.5 Å². The first-order chi connectivity index (χ1) is 11.5. The van der Waals surface area contributed by atoms with Gasteiger partial charge < -0.3 is 5.73 Å². The molecule has 1 heterocycles. The number of hydrogen-bond acceptors (Lipinski definition) is 3. The summed E-state index contributed by atoms with van der Waals surface area (Å²) in [5.74, 6) is 0.663. The number of aromatic nitrogens is 1. The van der Waals surface area contributed by atoms with E-state index in [9.17, 15) is 10.0 Å². The second-order valence-electron chi connectivity index (χ2n) is 6.26. The third-order valence-electron chi connectivity index (χ3n) is 4.21. The van der Waals surface area contributed by atoms with Crippen LogP contribution < -0.4 is 5.73 Å². The van der Waals surface area contributed by atoms with Crippen LogP contribution in [0.3, 0.4) is 0 Å². The molecule has 1 aromatic heterocycles. The van der Waals surface area contributed by atoms with Crippen molar-refractivity contribution < 1.29 is 10.0 Å². The van der Waals surface area contributed by atoms with Crippen molar-refractivity contribution in [2.24, 2.45) is 5.73 Å². The van der Waals surface area contributed by atoms with Crippen LogP contribution in [-0.4, -0.2) is 27.8 Å². The van der Waals surface area contributed by atoms with Crippen molar-refractivity contribution in [1.82, 2.24) is 10.0 Å². The van der Waals surface area contributed by atoms with Gasteiger partial charge in [-0.15, -0.1) is 0 Å². The van der Waals surface area contributed by atoms with Crippen molar-refractivity contribution in [2.75, 3.05) is 6.54 Å². The third-order valence-corrected chi connectivity index (χ3v) is 4.21. The van der Waals surface area contributed by atoms with Crippen molar-refractivity contribution >= 4 is 6.03 Å². The summed E-state index contributed by atoms with van der Waals surface area (Å²) in [5, 5.41) is 9.98. The highest BCUT2D eigenvalue weighted by atomic mass is 16.5. The second kappa shape index (κ2) is 8.45. The number of rotatable bonds is 7. The lowest BCUT2D eigenvalue weighted by molar-refractivity contribution is -0.0403. The molecule has 1 aromatic carbocycles. The Bertz CT molecular complexity index is 641. The maximum atomic E-state index is 10.9. The molecule has 2 rings (SSSR count). The normalized spacial score (nSPS) is 12.2. The lowest BCUT2D eigenvalue weighted by Gasteiger charge is -2.20. The number of hydroxylamine groups is 2. The van der Waals surface area contributed by atoms with Crippen molar-refractivity contribution in [1.29, 1.82) is 0 Å². The zero-order valence-corrected chi connectivity index (χ0v) is 14.2. The SMILES string of the molecule is CC(C)c1ccc(C(CCCN(O)C(N)=O)c2cccnc2)cc1. The predicted molar refractivity (Wildman–Crippen MR) is 93.9 cm³/mol. The van der Waals surface area contributed by atoms with Crippen LogP contribution >= 0.6 is 0 Å². The molecule has 5 heteroatoms. The lowest BCUT2D eigenvalue weighted by Crippen LogP contribution is -2.33.